The predicted molar refractivity (Wildman–Crippen MR) is 95.9 cm³/mol. The highest BCUT2D eigenvalue weighted by Crippen LogP contribution is 2.36. The third kappa shape index (κ3) is 2.64. The second-order valence-electron chi connectivity index (χ2n) is 5.09. The Balaban J connectivity index is 2.56. The van der Waals surface area contributed by atoms with Crippen LogP contribution in [0, 0.1) is 0 Å². The molecule has 2 heterocycles. The lowest BCUT2D eigenvalue weighted by molar-refractivity contribution is 0.0551. The molecular formula is C17H15N3O4S. The second kappa shape index (κ2) is 6.56. The molecule has 1 aromatic carbocycles. The molecule has 0 fully saturated rings. The molecule has 0 unspecified atom stereocenters. The number of ether oxygens (including phenoxy) is 2. The van der Waals surface area contributed by atoms with E-state index < -0.39 is 11.9 Å². The van der Waals surface area contributed by atoms with Crippen LogP contribution in [-0.4, -0.2) is 42.4 Å². The number of aromatic nitrogens is 2. The van der Waals surface area contributed by atoms with Crippen molar-refractivity contribution in [1.82, 2.24) is 9.97 Å². The van der Waals surface area contributed by atoms with Crippen molar-refractivity contribution in [2.45, 2.75) is 5.03 Å². The van der Waals surface area contributed by atoms with E-state index in [1.54, 1.807) is 0 Å². The third-order valence-corrected chi connectivity index (χ3v) is 4.47. The number of thioether (sulfide) groups is 1. The van der Waals surface area contributed by atoms with Crippen LogP contribution in [-0.2, 0) is 9.47 Å². The summed E-state index contributed by atoms with van der Waals surface area (Å²) in [5.41, 5.74) is 7.26. The molecule has 0 amide bonds. The van der Waals surface area contributed by atoms with E-state index >= 15 is 0 Å². The van der Waals surface area contributed by atoms with Crippen molar-refractivity contribution in [3.8, 4) is 0 Å². The van der Waals surface area contributed by atoms with Crippen LogP contribution in [0.2, 0.25) is 0 Å². The molecule has 25 heavy (non-hydrogen) atoms. The zero-order chi connectivity index (χ0) is 18.1. The Labute approximate surface area is 147 Å². The molecule has 0 saturated heterocycles. The van der Waals surface area contributed by atoms with Crippen LogP contribution in [0.4, 0.5) is 5.69 Å². The number of para-hydroxylation sites is 1. The van der Waals surface area contributed by atoms with Gasteiger partial charge in [0.05, 0.1) is 36.3 Å². The average Bonchev–Trinajstić information content (AvgIpc) is 2.65. The number of pyridine rings is 2. The van der Waals surface area contributed by atoms with Crippen molar-refractivity contribution in [2.24, 2.45) is 0 Å². The van der Waals surface area contributed by atoms with E-state index in [0.717, 1.165) is 5.39 Å². The Morgan fingerprint density at radius 3 is 2.40 bits per heavy atom. The number of benzene rings is 1. The fraction of sp³-hybridized carbons (Fsp3) is 0.176. The summed E-state index contributed by atoms with van der Waals surface area (Å²) in [7, 11) is 2.42. The summed E-state index contributed by atoms with van der Waals surface area (Å²) in [4.78, 5) is 33.4. The minimum atomic E-state index is -0.763. The lowest BCUT2D eigenvalue weighted by atomic mass is 10.0. The van der Waals surface area contributed by atoms with E-state index in [-0.39, 0.29) is 16.9 Å². The zero-order valence-electron chi connectivity index (χ0n) is 13.8. The summed E-state index contributed by atoms with van der Waals surface area (Å²) in [5, 5.41) is 1.85. The molecule has 2 aromatic heterocycles. The fourth-order valence-corrected chi connectivity index (χ4v) is 3.25. The number of nitrogen functional groups attached to an aromatic ring is 1. The molecule has 3 rings (SSSR count). The number of carbonyl (C=O) groups excluding carboxylic acids is 2. The van der Waals surface area contributed by atoms with Crippen molar-refractivity contribution in [2.75, 3.05) is 26.2 Å². The van der Waals surface area contributed by atoms with Gasteiger partial charge in [-0.05, 0) is 12.3 Å². The summed E-state index contributed by atoms with van der Waals surface area (Å²) in [6.07, 6.45) is 1.85. The Bertz CT molecular complexity index is 1020. The van der Waals surface area contributed by atoms with E-state index in [2.05, 4.69) is 9.97 Å². The molecule has 128 valence electrons. The van der Waals surface area contributed by atoms with Crippen molar-refractivity contribution in [3.63, 3.8) is 0 Å². The summed E-state index contributed by atoms with van der Waals surface area (Å²) in [6.45, 7) is 0. The first-order valence-electron chi connectivity index (χ1n) is 7.26. The summed E-state index contributed by atoms with van der Waals surface area (Å²) in [5.74, 6) is -1.52. The standard InChI is InChI=1S/C17H15N3O4S/c1-23-16(21)11-12(18)10-13(20-14(11)17(22)24-2)8-6-4-5-7-9(8)19-15(10)25-3/h4-7H,1-3H3,(H2,18,20). The highest BCUT2D eigenvalue weighted by atomic mass is 32.2. The summed E-state index contributed by atoms with van der Waals surface area (Å²) in [6, 6.07) is 7.38. The molecule has 7 nitrogen and oxygen atoms in total. The number of hydrogen-bond acceptors (Lipinski definition) is 8. The lowest BCUT2D eigenvalue weighted by Gasteiger charge is -2.14. The highest BCUT2D eigenvalue weighted by Gasteiger charge is 2.27. The number of methoxy groups -OCH3 is 2. The van der Waals surface area contributed by atoms with Crippen molar-refractivity contribution in [1.29, 1.82) is 0 Å². The van der Waals surface area contributed by atoms with Crippen molar-refractivity contribution >= 4 is 51.2 Å². The summed E-state index contributed by atoms with van der Waals surface area (Å²) < 4.78 is 9.53. The van der Waals surface area contributed by atoms with Gasteiger partial charge in [0.15, 0.2) is 5.69 Å². The number of nitrogens with two attached hydrogens (primary N) is 1. The third-order valence-electron chi connectivity index (χ3n) is 3.79. The van der Waals surface area contributed by atoms with Gasteiger partial charge in [-0.3, -0.25) is 0 Å². The molecule has 8 heteroatoms. The van der Waals surface area contributed by atoms with Crippen LogP contribution in [0.5, 0.6) is 0 Å². The fourth-order valence-electron chi connectivity index (χ4n) is 2.65. The number of rotatable bonds is 3. The van der Waals surface area contributed by atoms with Crippen LogP contribution >= 0.6 is 11.8 Å². The maximum absolute atomic E-state index is 12.2. The molecule has 2 N–H and O–H groups in total. The molecule has 0 aliphatic heterocycles. The van der Waals surface area contributed by atoms with Gasteiger partial charge < -0.3 is 15.2 Å². The Morgan fingerprint density at radius 1 is 1.08 bits per heavy atom. The molecule has 0 atom stereocenters. The first kappa shape index (κ1) is 17.0. The van der Waals surface area contributed by atoms with Crippen LogP contribution in [0.15, 0.2) is 29.3 Å². The van der Waals surface area contributed by atoms with E-state index in [1.165, 1.54) is 26.0 Å². The first-order chi connectivity index (χ1) is 12.0. The number of hydrogen-bond donors (Lipinski definition) is 1. The smallest absolute Gasteiger partial charge is 0.357 e. The van der Waals surface area contributed by atoms with Crippen LogP contribution in [0.25, 0.3) is 21.8 Å². The molecule has 0 aliphatic carbocycles. The second-order valence-corrected chi connectivity index (χ2v) is 5.89. The zero-order valence-corrected chi connectivity index (χ0v) is 14.6. The number of anilines is 1. The molecule has 0 radical (unpaired) electrons. The minimum absolute atomic E-state index is 0.0971. The van der Waals surface area contributed by atoms with Gasteiger partial charge in [-0.25, -0.2) is 19.6 Å². The molecule has 0 spiro atoms. The van der Waals surface area contributed by atoms with Crippen LogP contribution in [0.1, 0.15) is 20.8 Å². The van der Waals surface area contributed by atoms with Gasteiger partial charge in [-0.15, -0.1) is 11.8 Å². The SMILES string of the molecule is COC(=O)c1nc2c(c(SC)nc3ccccc32)c(N)c1C(=O)OC. The first-order valence-corrected chi connectivity index (χ1v) is 8.48. The maximum atomic E-state index is 12.2. The Morgan fingerprint density at radius 2 is 1.76 bits per heavy atom. The van der Waals surface area contributed by atoms with E-state index in [9.17, 15) is 9.59 Å². The van der Waals surface area contributed by atoms with Crippen molar-refractivity contribution in [3.05, 3.63) is 35.5 Å². The van der Waals surface area contributed by atoms with Crippen molar-refractivity contribution < 1.29 is 19.1 Å². The topological polar surface area (TPSA) is 104 Å². The van der Waals surface area contributed by atoms with Gasteiger partial charge in [0.1, 0.15) is 10.6 Å². The number of fused-ring (bicyclic) bond motifs is 3. The van der Waals surface area contributed by atoms with E-state index in [1.807, 2.05) is 30.5 Å². The molecule has 3 aromatic rings. The Kier molecular flexibility index (Phi) is 4.45. The average molecular weight is 357 g/mol. The molecule has 0 bridgehead atoms. The van der Waals surface area contributed by atoms with Gasteiger partial charge in [0.25, 0.3) is 0 Å². The van der Waals surface area contributed by atoms with Gasteiger partial charge in [0.2, 0.25) is 0 Å². The minimum Gasteiger partial charge on any atom is -0.465 e. The highest BCUT2D eigenvalue weighted by molar-refractivity contribution is 7.98. The van der Waals surface area contributed by atoms with Crippen LogP contribution < -0.4 is 5.73 Å². The summed E-state index contributed by atoms with van der Waals surface area (Å²) >= 11 is 1.38. The Hall–Kier alpha value is -2.87. The number of carbonyl (C=O) groups is 2. The monoisotopic (exact) mass is 357 g/mol. The van der Waals surface area contributed by atoms with Gasteiger partial charge >= 0.3 is 11.9 Å². The molecule has 0 aliphatic rings. The largest absolute Gasteiger partial charge is 0.465 e. The van der Waals surface area contributed by atoms with Gasteiger partial charge in [-0.2, -0.15) is 0 Å². The number of esters is 2. The normalized spacial score (nSPS) is 10.8. The van der Waals surface area contributed by atoms with Crippen LogP contribution in [0.3, 0.4) is 0 Å². The van der Waals surface area contributed by atoms with Gasteiger partial charge in [-0.1, -0.05) is 18.2 Å². The molecule has 0 saturated carbocycles. The predicted octanol–water partition coefficient (Wildman–Crippen LogP) is 2.66. The van der Waals surface area contributed by atoms with E-state index in [0.29, 0.717) is 21.4 Å². The maximum Gasteiger partial charge on any atom is 0.357 e. The quantitative estimate of drug-likeness (QED) is 0.433. The number of nitrogens with zero attached hydrogens (tertiary/aromatic N) is 2. The van der Waals surface area contributed by atoms with E-state index in [4.69, 9.17) is 15.2 Å². The van der Waals surface area contributed by atoms with Gasteiger partial charge in [0, 0.05) is 5.39 Å². The lowest BCUT2D eigenvalue weighted by Crippen LogP contribution is -2.17. The molecular weight excluding hydrogens is 342 g/mol.